The Morgan fingerprint density at radius 1 is 0.828 bits per heavy atom. The third kappa shape index (κ3) is 14.3. The number of unbranched alkanes of at least 4 members (excludes halogenated alkanes) is 10. The number of hydrogen-bond donors (Lipinski definition) is 2. The Labute approximate surface area is 177 Å². The van der Waals surface area contributed by atoms with Gasteiger partial charge in [-0.15, -0.1) is 0 Å². The fourth-order valence-corrected chi connectivity index (χ4v) is 3.61. The van der Waals surface area contributed by atoms with Crippen LogP contribution in [0.5, 0.6) is 0 Å². The molecular formula is C25H42O4. The van der Waals surface area contributed by atoms with Crippen molar-refractivity contribution >= 4 is 5.97 Å². The third-order valence-electron chi connectivity index (χ3n) is 5.48. The molecule has 1 unspecified atom stereocenters. The SMILES string of the molecule is CCCCC(O)(CCCCCCCCCCCCC(=O)O)OCc1ccccc1. The predicted octanol–water partition coefficient (Wildman–Crippen LogP) is 6.85. The van der Waals surface area contributed by atoms with Crippen LogP contribution in [-0.2, 0) is 16.1 Å². The van der Waals surface area contributed by atoms with Crippen molar-refractivity contribution in [3.05, 3.63) is 35.9 Å². The number of aliphatic hydroxyl groups is 1. The van der Waals surface area contributed by atoms with Gasteiger partial charge in [-0.3, -0.25) is 4.79 Å². The number of aliphatic carboxylic acids is 1. The van der Waals surface area contributed by atoms with Gasteiger partial charge < -0.3 is 14.9 Å². The molecule has 1 aromatic carbocycles. The number of carboxylic acid groups (broad SMARTS) is 1. The van der Waals surface area contributed by atoms with Crippen molar-refractivity contribution in [2.75, 3.05) is 0 Å². The molecule has 0 fully saturated rings. The van der Waals surface area contributed by atoms with Gasteiger partial charge >= 0.3 is 5.97 Å². The standard InChI is InChI=1S/C25H42O4/c1-2-3-20-25(28,29-22-23-17-13-12-14-18-23)21-16-11-9-7-5-4-6-8-10-15-19-24(26)27/h12-14,17-18,28H,2-11,15-16,19-22H2,1H3,(H,26,27). The monoisotopic (exact) mass is 406 g/mol. The van der Waals surface area contributed by atoms with Crippen molar-refractivity contribution in [3.8, 4) is 0 Å². The summed E-state index contributed by atoms with van der Waals surface area (Å²) in [4.78, 5) is 10.5. The Bertz CT molecular complexity index is 517. The molecule has 29 heavy (non-hydrogen) atoms. The van der Waals surface area contributed by atoms with Crippen molar-refractivity contribution in [1.29, 1.82) is 0 Å². The van der Waals surface area contributed by atoms with Gasteiger partial charge in [0, 0.05) is 19.3 Å². The average molecular weight is 407 g/mol. The van der Waals surface area contributed by atoms with Crippen LogP contribution in [0.1, 0.15) is 109 Å². The van der Waals surface area contributed by atoms with Crippen LogP contribution in [0.25, 0.3) is 0 Å². The number of ether oxygens (including phenoxy) is 1. The van der Waals surface area contributed by atoms with E-state index in [0.29, 0.717) is 25.9 Å². The molecule has 0 saturated carbocycles. The maximum absolute atomic E-state index is 10.9. The Morgan fingerprint density at radius 3 is 1.90 bits per heavy atom. The summed E-state index contributed by atoms with van der Waals surface area (Å²) < 4.78 is 5.94. The van der Waals surface area contributed by atoms with E-state index in [1.165, 1.54) is 32.1 Å². The zero-order valence-electron chi connectivity index (χ0n) is 18.4. The average Bonchev–Trinajstić information content (AvgIpc) is 2.72. The van der Waals surface area contributed by atoms with Crippen molar-refractivity contribution in [3.63, 3.8) is 0 Å². The van der Waals surface area contributed by atoms with Gasteiger partial charge in [-0.05, 0) is 24.8 Å². The minimum Gasteiger partial charge on any atom is -0.481 e. The van der Waals surface area contributed by atoms with Crippen LogP contribution < -0.4 is 0 Å². The summed E-state index contributed by atoms with van der Waals surface area (Å²) in [6.07, 6.45) is 15.1. The highest BCUT2D eigenvalue weighted by atomic mass is 16.6. The second kappa shape index (κ2) is 16.4. The van der Waals surface area contributed by atoms with E-state index in [-0.39, 0.29) is 0 Å². The molecule has 0 aromatic heterocycles. The quantitative estimate of drug-likeness (QED) is 0.195. The molecule has 2 N–H and O–H groups in total. The molecule has 0 aliphatic rings. The third-order valence-corrected chi connectivity index (χ3v) is 5.48. The first-order chi connectivity index (χ1) is 14.1. The highest BCUT2D eigenvalue weighted by molar-refractivity contribution is 5.66. The lowest BCUT2D eigenvalue weighted by molar-refractivity contribution is -0.220. The molecule has 166 valence electrons. The van der Waals surface area contributed by atoms with Gasteiger partial charge in [-0.25, -0.2) is 0 Å². The summed E-state index contributed by atoms with van der Waals surface area (Å²) in [5, 5.41) is 19.5. The second-order valence-corrected chi connectivity index (χ2v) is 8.25. The van der Waals surface area contributed by atoms with Crippen LogP contribution in [0.15, 0.2) is 30.3 Å². The molecule has 0 bridgehead atoms. The first-order valence-corrected chi connectivity index (χ1v) is 11.7. The Balaban J connectivity index is 2.09. The lowest BCUT2D eigenvalue weighted by Crippen LogP contribution is -2.32. The zero-order valence-corrected chi connectivity index (χ0v) is 18.4. The van der Waals surface area contributed by atoms with Gasteiger partial charge in [0.05, 0.1) is 6.61 Å². The highest BCUT2D eigenvalue weighted by Crippen LogP contribution is 2.25. The van der Waals surface area contributed by atoms with E-state index in [9.17, 15) is 9.90 Å². The minimum absolute atomic E-state index is 0.305. The molecule has 0 saturated heterocycles. The van der Waals surface area contributed by atoms with Gasteiger partial charge in [0.15, 0.2) is 5.79 Å². The molecule has 0 aliphatic heterocycles. The number of benzene rings is 1. The maximum Gasteiger partial charge on any atom is 0.303 e. The molecule has 1 aromatic rings. The van der Waals surface area contributed by atoms with E-state index in [0.717, 1.165) is 50.5 Å². The van der Waals surface area contributed by atoms with Crippen molar-refractivity contribution in [2.24, 2.45) is 0 Å². The van der Waals surface area contributed by atoms with E-state index in [1.807, 2.05) is 30.3 Å². The maximum atomic E-state index is 10.9. The van der Waals surface area contributed by atoms with Gasteiger partial charge in [0.1, 0.15) is 0 Å². The van der Waals surface area contributed by atoms with Crippen LogP contribution in [0.3, 0.4) is 0 Å². The lowest BCUT2D eigenvalue weighted by Gasteiger charge is -2.28. The normalized spacial score (nSPS) is 13.3. The van der Waals surface area contributed by atoms with E-state index in [2.05, 4.69) is 6.92 Å². The second-order valence-electron chi connectivity index (χ2n) is 8.25. The van der Waals surface area contributed by atoms with Gasteiger partial charge in [0.2, 0.25) is 0 Å². The lowest BCUT2D eigenvalue weighted by atomic mass is 10.00. The zero-order chi connectivity index (χ0) is 21.2. The summed E-state index contributed by atoms with van der Waals surface area (Å²) in [6, 6.07) is 10.1. The molecule has 1 atom stereocenters. The minimum atomic E-state index is -0.998. The fourth-order valence-electron chi connectivity index (χ4n) is 3.61. The summed E-state index contributed by atoms with van der Waals surface area (Å²) in [7, 11) is 0. The molecule has 0 heterocycles. The van der Waals surface area contributed by atoms with Crippen LogP contribution in [0, 0.1) is 0 Å². The Kier molecular flexibility index (Phi) is 14.5. The number of hydrogen-bond acceptors (Lipinski definition) is 3. The molecule has 0 radical (unpaired) electrons. The topological polar surface area (TPSA) is 66.8 Å². The van der Waals surface area contributed by atoms with E-state index < -0.39 is 11.8 Å². The van der Waals surface area contributed by atoms with Gasteiger partial charge in [0.25, 0.3) is 0 Å². The highest BCUT2D eigenvalue weighted by Gasteiger charge is 2.26. The molecule has 0 spiro atoms. The van der Waals surface area contributed by atoms with Crippen LogP contribution >= 0.6 is 0 Å². The summed E-state index contributed by atoms with van der Waals surface area (Å²) in [6.45, 7) is 2.61. The molecule has 0 amide bonds. The number of rotatable bonds is 19. The van der Waals surface area contributed by atoms with Crippen molar-refractivity contribution in [1.82, 2.24) is 0 Å². The van der Waals surface area contributed by atoms with E-state index >= 15 is 0 Å². The molecule has 1 rings (SSSR count). The molecule has 4 nitrogen and oxygen atoms in total. The molecule has 4 heteroatoms. The fraction of sp³-hybridized carbons (Fsp3) is 0.720. The van der Waals surface area contributed by atoms with E-state index in [4.69, 9.17) is 9.84 Å². The van der Waals surface area contributed by atoms with Crippen molar-refractivity contribution in [2.45, 2.75) is 116 Å². The van der Waals surface area contributed by atoms with Crippen LogP contribution in [-0.4, -0.2) is 22.0 Å². The van der Waals surface area contributed by atoms with Crippen LogP contribution in [0.2, 0.25) is 0 Å². The number of carboxylic acids is 1. The first-order valence-electron chi connectivity index (χ1n) is 11.7. The molecule has 0 aliphatic carbocycles. The summed E-state index contributed by atoms with van der Waals surface area (Å²) in [5.74, 6) is -1.68. The first kappa shape index (κ1) is 25.6. The van der Waals surface area contributed by atoms with Gasteiger partial charge in [-0.1, -0.05) is 95.0 Å². The predicted molar refractivity (Wildman–Crippen MR) is 119 cm³/mol. The van der Waals surface area contributed by atoms with Crippen LogP contribution in [0.4, 0.5) is 0 Å². The summed E-state index contributed by atoms with van der Waals surface area (Å²) in [5.41, 5.74) is 1.10. The number of carbonyl (C=O) groups is 1. The smallest absolute Gasteiger partial charge is 0.303 e. The summed E-state index contributed by atoms with van der Waals surface area (Å²) >= 11 is 0. The largest absolute Gasteiger partial charge is 0.481 e. The van der Waals surface area contributed by atoms with Crippen molar-refractivity contribution < 1.29 is 19.7 Å². The van der Waals surface area contributed by atoms with E-state index in [1.54, 1.807) is 0 Å². The Hall–Kier alpha value is -1.39. The van der Waals surface area contributed by atoms with Gasteiger partial charge in [-0.2, -0.15) is 0 Å². The Morgan fingerprint density at radius 2 is 1.34 bits per heavy atom. The molecular weight excluding hydrogens is 364 g/mol.